The van der Waals surface area contributed by atoms with Gasteiger partial charge in [-0.25, -0.2) is 0 Å². The fraction of sp³-hybridized carbons (Fsp3) is 0.333. The summed E-state index contributed by atoms with van der Waals surface area (Å²) in [5.41, 5.74) is 0.903. The molecule has 0 spiro atoms. The average Bonchev–Trinajstić information content (AvgIpc) is 3.27. The first-order chi connectivity index (χ1) is 13.6. The van der Waals surface area contributed by atoms with E-state index >= 15 is 0 Å². The third-order valence-electron chi connectivity index (χ3n) is 4.88. The minimum absolute atomic E-state index is 0.134. The van der Waals surface area contributed by atoms with Crippen LogP contribution in [-0.4, -0.2) is 42.7 Å². The Morgan fingerprint density at radius 1 is 1.39 bits per heavy atom. The van der Waals surface area contributed by atoms with Crippen LogP contribution in [0.4, 0.5) is 0 Å². The van der Waals surface area contributed by atoms with Crippen molar-refractivity contribution in [2.75, 3.05) is 26.7 Å². The number of amidine groups is 1. The van der Waals surface area contributed by atoms with Gasteiger partial charge in [-0.15, -0.1) is 0 Å². The number of aliphatic imine (C=N–C) groups is 1. The lowest BCUT2D eigenvalue weighted by Crippen LogP contribution is -2.33. The van der Waals surface area contributed by atoms with Crippen molar-refractivity contribution in [2.24, 2.45) is 10.9 Å². The lowest BCUT2D eigenvalue weighted by molar-refractivity contribution is -0.115. The normalized spacial score (nSPS) is 23.5. The predicted octanol–water partition coefficient (Wildman–Crippen LogP) is 4.50. The van der Waals surface area contributed by atoms with Gasteiger partial charge in [0.2, 0.25) is 0 Å². The van der Waals surface area contributed by atoms with Crippen molar-refractivity contribution >= 4 is 40.5 Å². The first-order valence-corrected chi connectivity index (χ1v) is 10.6. The number of likely N-dealkylation sites (tertiary alicyclic amines) is 1. The van der Waals surface area contributed by atoms with E-state index in [2.05, 4.69) is 22.3 Å². The number of hydrogen-bond donors (Lipinski definition) is 1. The maximum absolute atomic E-state index is 12.3. The SMILES string of the molecule is CN1CCCC(CN=C2NC(=O)/C(=C/c3ccc(-c4cccc(Cl)c4)o3)S2)C1. The molecule has 146 valence electrons. The van der Waals surface area contributed by atoms with E-state index in [1.54, 1.807) is 6.08 Å². The number of nitrogens with one attached hydrogen (secondary N) is 1. The summed E-state index contributed by atoms with van der Waals surface area (Å²) in [5.74, 6) is 1.77. The Morgan fingerprint density at radius 2 is 2.29 bits per heavy atom. The number of halogens is 1. The second-order valence-electron chi connectivity index (χ2n) is 7.19. The molecule has 1 amide bonds. The molecule has 3 heterocycles. The summed E-state index contributed by atoms with van der Waals surface area (Å²) < 4.78 is 5.86. The van der Waals surface area contributed by atoms with Crippen LogP contribution in [0.2, 0.25) is 5.02 Å². The highest BCUT2D eigenvalue weighted by Gasteiger charge is 2.25. The highest BCUT2D eigenvalue weighted by molar-refractivity contribution is 8.18. The van der Waals surface area contributed by atoms with Gasteiger partial charge in [-0.05, 0) is 68.4 Å². The Bertz CT molecular complexity index is 937. The van der Waals surface area contributed by atoms with Crippen molar-refractivity contribution in [3.8, 4) is 11.3 Å². The van der Waals surface area contributed by atoms with E-state index in [9.17, 15) is 4.79 Å². The van der Waals surface area contributed by atoms with E-state index in [1.807, 2.05) is 36.4 Å². The van der Waals surface area contributed by atoms with E-state index in [1.165, 1.54) is 24.6 Å². The molecular formula is C21H22ClN3O2S. The van der Waals surface area contributed by atoms with E-state index in [-0.39, 0.29) is 5.91 Å². The van der Waals surface area contributed by atoms with Crippen LogP contribution in [0.15, 0.2) is 50.7 Å². The summed E-state index contributed by atoms with van der Waals surface area (Å²) in [4.78, 5) is 19.8. The fourth-order valence-electron chi connectivity index (χ4n) is 3.49. The van der Waals surface area contributed by atoms with E-state index in [0.717, 1.165) is 25.2 Å². The monoisotopic (exact) mass is 415 g/mol. The predicted molar refractivity (Wildman–Crippen MR) is 115 cm³/mol. The first-order valence-electron chi connectivity index (χ1n) is 9.36. The zero-order valence-electron chi connectivity index (χ0n) is 15.7. The number of furan rings is 1. The van der Waals surface area contributed by atoms with Gasteiger partial charge >= 0.3 is 0 Å². The smallest absolute Gasteiger partial charge is 0.264 e. The Kier molecular flexibility index (Phi) is 5.90. The van der Waals surface area contributed by atoms with Gasteiger partial charge in [0.05, 0.1) is 4.91 Å². The Hall–Kier alpha value is -2.02. The van der Waals surface area contributed by atoms with Gasteiger partial charge in [0.25, 0.3) is 5.91 Å². The molecule has 5 nitrogen and oxygen atoms in total. The molecule has 2 aromatic rings. The molecule has 2 aliphatic heterocycles. The van der Waals surface area contributed by atoms with Gasteiger partial charge in [0, 0.05) is 29.8 Å². The van der Waals surface area contributed by atoms with Crippen LogP contribution >= 0.6 is 23.4 Å². The molecular weight excluding hydrogens is 394 g/mol. The van der Waals surface area contributed by atoms with E-state index in [0.29, 0.717) is 32.5 Å². The van der Waals surface area contributed by atoms with Crippen molar-refractivity contribution in [3.05, 3.63) is 52.1 Å². The molecule has 0 bridgehead atoms. The van der Waals surface area contributed by atoms with Crippen molar-refractivity contribution < 1.29 is 9.21 Å². The number of rotatable bonds is 4. The molecule has 2 aliphatic rings. The summed E-state index contributed by atoms with van der Waals surface area (Å²) in [6, 6.07) is 11.2. The second-order valence-corrected chi connectivity index (χ2v) is 8.66. The van der Waals surface area contributed by atoms with Crippen LogP contribution in [0.25, 0.3) is 17.4 Å². The lowest BCUT2D eigenvalue weighted by atomic mass is 9.99. The number of carbonyl (C=O) groups is 1. The Balaban J connectivity index is 1.43. The van der Waals surface area contributed by atoms with Crippen molar-refractivity contribution in [3.63, 3.8) is 0 Å². The molecule has 2 fully saturated rings. The highest BCUT2D eigenvalue weighted by Crippen LogP contribution is 2.30. The van der Waals surface area contributed by atoms with Gasteiger partial charge in [0.1, 0.15) is 11.5 Å². The van der Waals surface area contributed by atoms with Gasteiger partial charge in [0.15, 0.2) is 5.17 Å². The van der Waals surface area contributed by atoms with Crippen LogP contribution in [-0.2, 0) is 4.79 Å². The molecule has 7 heteroatoms. The molecule has 0 aliphatic carbocycles. The number of nitrogens with zero attached hydrogens (tertiary/aromatic N) is 2. The van der Waals surface area contributed by atoms with Crippen LogP contribution in [0, 0.1) is 5.92 Å². The van der Waals surface area contributed by atoms with Crippen molar-refractivity contribution in [1.82, 2.24) is 10.2 Å². The molecule has 1 unspecified atom stereocenters. The second kappa shape index (κ2) is 8.55. The van der Waals surface area contributed by atoms with Crippen molar-refractivity contribution in [2.45, 2.75) is 12.8 Å². The number of thioether (sulfide) groups is 1. The molecule has 1 aromatic carbocycles. The number of amides is 1. The highest BCUT2D eigenvalue weighted by atomic mass is 35.5. The van der Waals surface area contributed by atoms with Gasteiger partial charge in [-0.3, -0.25) is 9.79 Å². The quantitative estimate of drug-likeness (QED) is 0.747. The molecule has 1 atom stereocenters. The Morgan fingerprint density at radius 3 is 3.11 bits per heavy atom. The topological polar surface area (TPSA) is 57.8 Å². The standard InChI is InChI=1S/C21H22ClN3O2S/c1-25-9-3-4-14(13-25)12-23-21-24-20(26)19(28-21)11-17-7-8-18(27-17)15-5-2-6-16(22)10-15/h2,5-8,10-11,14H,3-4,9,12-13H2,1H3,(H,23,24,26)/b19-11-. The minimum atomic E-state index is -0.134. The number of piperidine rings is 1. The summed E-state index contributed by atoms with van der Waals surface area (Å²) >= 11 is 7.41. The Labute approximate surface area is 173 Å². The molecule has 28 heavy (non-hydrogen) atoms. The largest absolute Gasteiger partial charge is 0.457 e. The maximum atomic E-state index is 12.3. The lowest BCUT2D eigenvalue weighted by Gasteiger charge is -2.28. The zero-order chi connectivity index (χ0) is 19.5. The summed E-state index contributed by atoms with van der Waals surface area (Å²) in [7, 11) is 2.15. The van der Waals surface area contributed by atoms with Crippen LogP contribution in [0.3, 0.4) is 0 Å². The van der Waals surface area contributed by atoms with Crippen LogP contribution < -0.4 is 5.32 Å². The number of carbonyl (C=O) groups excluding carboxylic acids is 1. The summed E-state index contributed by atoms with van der Waals surface area (Å²) in [6.07, 6.45) is 4.16. The maximum Gasteiger partial charge on any atom is 0.264 e. The summed E-state index contributed by atoms with van der Waals surface area (Å²) in [5, 5.41) is 4.18. The molecule has 1 N–H and O–H groups in total. The molecule has 0 saturated carbocycles. The molecule has 2 saturated heterocycles. The number of hydrogen-bond acceptors (Lipinski definition) is 5. The third kappa shape index (κ3) is 4.69. The third-order valence-corrected chi connectivity index (χ3v) is 6.06. The molecule has 4 rings (SSSR count). The van der Waals surface area contributed by atoms with Crippen molar-refractivity contribution in [1.29, 1.82) is 0 Å². The van der Waals surface area contributed by atoms with Crippen LogP contribution in [0.1, 0.15) is 18.6 Å². The fourth-order valence-corrected chi connectivity index (χ4v) is 4.49. The van der Waals surface area contributed by atoms with E-state index in [4.69, 9.17) is 16.0 Å². The van der Waals surface area contributed by atoms with Gasteiger partial charge in [-0.2, -0.15) is 0 Å². The molecule has 0 radical (unpaired) electrons. The first kappa shape index (κ1) is 19.3. The average molecular weight is 416 g/mol. The van der Waals surface area contributed by atoms with Crippen LogP contribution in [0.5, 0.6) is 0 Å². The van der Waals surface area contributed by atoms with Gasteiger partial charge < -0.3 is 14.6 Å². The molecule has 1 aromatic heterocycles. The number of benzene rings is 1. The van der Waals surface area contributed by atoms with Gasteiger partial charge in [-0.1, -0.05) is 23.7 Å². The van der Waals surface area contributed by atoms with E-state index < -0.39 is 0 Å². The minimum Gasteiger partial charge on any atom is -0.457 e. The zero-order valence-corrected chi connectivity index (χ0v) is 17.2. The summed E-state index contributed by atoms with van der Waals surface area (Å²) in [6.45, 7) is 2.97.